The van der Waals surface area contributed by atoms with E-state index in [1.165, 1.54) is 4.68 Å². The van der Waals surface area contributed by atoms with Gasteiger partial charge in [0.25, 0.3) is 11.8 Å². The maximum Gasteiger partial charge on any atom is 0.278 e. The number of benzene rings is 2. The third-order valence-corrected chi connectivity index (χ3v) is 4.22. The van der Waals surface area contributed by atoms with Crippen molar-refractivity contribution in [2.24, 2.45) is 0 Å². The molecule has 0 unspecified atom stereocenters. The molecule has 0 saturated heterocycles. The van der Waals surface area contributed by atoms with Crippen LogP contribution in [0.3, 0.4) is 0 Å². The maximum atomic E-state index is 12.7. The summed E-state index contributed by atoms with van der Waals surface area (Å²) in [6, 6.07) is 13.8. The van der Waals surface area contributed by atoms with Gasteiger partial charge in [-0.15, -0.1) is 11.7 Å². The smallest absolute Gasteiger partial charge is 0.278 e. The quantitative estimate of drug-likeness (QED) is 0.626. The molecule has 1 aromatic heterocycles. The zero-order valence-electron chi connectivity index (χ0n) is 15.1. The highest BCUT2D eigenvalue weighted by molar-refractivity contribution is 6.30. The first-order valence-corrected chi connectivity index (χ1v) is 8.86. The van der Waals surface area contributed by atoms with Gasteiger partial charge in [0.2, 0.25) is 0 Å². The van der Waals surface area contributed by atoms with Crippen molar-refractivity contribution in [1.29, 1.82) is 0 Å². The third kappa shape index (κ3) is 4.10. The minimum atomic E-state index is -0.463. The number of aromatic nitrogens is 3. The first-order chi connectivity index (χ1) is 13.5. The zero-order chi connectivity index (χ0) is 20.1. The summed E-state index contributed by atoms with van der Waals surface area (Å²) >= 11 is 6.02. The second kappa shape index (κ2) is 8.49. The average molecular weight is 396 g/mol. The molecule has 142 valence electrons. The minimum absolute atomic E-state index is 0.154. The van der Waals surface area contributed by atoms with Gasteiger partial charge >= 0.3 is 0 Å². The lowest BCUT2D eigenvalue weighted by molar-refractivity contribution is 0.0959. The van der Waals surface area contributed by atoms with E-state index in [1.54, 1.807) is 55.5 Å². The molecule has 8 heteroatoms. The topological polar surface area (TPSA) is 88.9 Å². The van der Waals surface area contributed by atoms with Gasteiger partial charge < -0.3 is 10.6 Å². The lowest BCUT2D eigenvalue weighted by atomic mass is 10.1. The Morgan fingerprint density at radius 2 is 1.96 bits per heavy atom. The molecule has 2 aromatic carbocycles. The fourth-order valence-electron chi connectivity index (χ4n) is 2.62. The number of amides is 2. The molecule has 0 bridgehead atoms. The number of halogens is 1. The van der Waals surface area contributed by atoms with Crippen molar-refractivity contribution in [2.45, 2.75) is 6.92 Å². The lowest BCUT2D eigenvalue weighted by Gasteiger charge is -2.10. The van der Waals surface area contributed by atoms with E-state index in [-0.39, 0.29) is 11.6 Å². The van der Waals surface area contributed by atoms with Crippen molar-refractivity contribution in [3.8, 4) is 5.69 Å². The van der Waals surface area contributed by atoms with E-state index >= 15 is 0 Å². The van der Waals surface area contributed by atoms with Crippen molar-refractivity contribution in [3.05, 3.63) is 83.2 Å². The fraction of sp³-hybridized carbons (Fsp3) is 0.100. The van der Waals surface area contributed by atoms with Crippen molar-refractivity contribution < 1.29 is 9.59 Å². The molecule has 0 radical (unpaired) electrons. The summed E-state index contributed by atoms with van der Waals surface area (Å²) in [7, 11) is 0. The number of carbonyl (C=O) groups is 2. The number of nitrogens with one attached hydrogen (secondary N) is 2. The molecule has 0 fully saturated rings. The molecular weight excluding hydrogens is 378 g/mol. The van der Waals surface area contributed by atoms with Crippen LogP contribution in [0.1, 0.15) is 26.5 Å². The normalized spacial score (nSPS) is 10.4. The second-order valence-corrected chi connectivity index (χ2v) is 6.35. The number of rotatable bonds is 6. The standard InChI is InChI=1S/C20H18ClN5O2/c1-3-11-22-19(27)16-9-4-5-10-17(16)23-20(28)18-13(2)26(25-24-18)15-8-6-7-14(21)12-15/h3-10,12H,1,11H2,2H3,(H,22,27)(H,23,28). The van der Waals surface area contributed by atoms with Gasteiger partial charge in [0, 0.05) is 11.6 Å². The van der Waals surface area contributed by atoms with Crippen LogP contribution >= 0.6 is 11.6 Å². The van der Waals surface area contributed by atoms with Crippen LogP contribution in [0.15, 0.2) is 61.2 Å². The van der Waals surface area contributed by atoms with E-state index in [0.717, 1.165) is 0 Å². The summed E-state index contributed by atoms with van der Waals surface area (Å²) in [5, 5.41) is 14.0. The van der Waals surface area contributed by atoms with E-state index in [9.17, 15) is 9.59 Å². The van der Waals surface area contributed by atoms with E-state index < -0.39 is 5.91 Å². The molecule has 3 rings (SSSR count). The number of carbonyl (C=O) groups excluding carboxylic acids is 2. The van der Waals surface area contributed by atoms with Gasteiger partial charge in [-0.25, -0.2) is 4.68 Å². The van der Waals surface area contributed by atoms with Crippen LogP contribution in [0.25, 0.3) is 5.69 Å². The first-order valence-electron chi connectivity index (χ1n) is 8.49. The highest BCUT2D eigenvalue weighted by atomic mass is 35.5. The van der Waals surface area contributed by atoms with Crippen molar-refractivity contribution >= 4 is 29.1 Å². The van der Waals surface area contributed by atoms with Crippen LogP contribution < -0.4 is 10.6 Å². The Morgan fingerprint density at radius 3 is 2.71 bits per heavy atom. The van der Waals surface area contributed by atoms with Gasteiger partial charge in [-0.05, 0) is 37.3 Å². The van der Waals surface area contributed by atoms with Gasteiger partial charge in [-0.3, -0.25) is 9.59 Å². The predicted molar refractivity (Wildman–Crippen MR) is 108 cm³/mol. The molecule has 2 N–H and O–H groups in total. The van der Waals surface area contributed by atoms with Crippen LogP contribution in [0.5, 0.6) is 0 Å². The summed E-state index contributed by atoms with van der Waals surface area (Å²) in [5.41, 5.74) is 2.12. The molecule has 0 aliphatic rings. The van der Waals surface area contributed by atoms with E-state index in [2.05, 4.69) is 27.5 Å². The summed E-state index contributed by atoms with van der Waals surface area (Å²) in [6.45, 7) is 5.63. The number of anilines is 1. The van der Waals surface area contributed by atoms with Crippen molar-refractivity contribution in [3.63, 3.8) is 0 Å². The van der Waals surface area contributed by atoms with Gasteiger partial charge in [-0.1, -0.05) is 41.1 Å². The number of hydrogen-bond donors (Lipinski definition) is 2. The molecule has 0 spiro atoms. The summed E-state index contributed by atoms with van der Waals surface area (Å²) in [5.74, 6) is -0.773. The number of nitrogens with zero attached hydrogens (tertiary/aromatic N) is 3. The molecule has 0 aliphatic carbocycles. The average Bonchev–Trinajstić information content (AvgIpc) is 3.08. The van der Waals surface area contributed by atoms with Crippen LogP contribution in [0.4, 0.5) is 5.69 Å². The van der Waals surface area contributed by atoms with Crippen molar-refractivity contribution in [2.75, 3.05) is 11.9 Å². The molecule has 1 heterocycles. The molecule has 0 atom stereocenters. The Kier molecular flexibility index (Phi) is 5.86. The maximum absolute atomic E-state index is 12.7. The largest absolute Gasteiger partial charge is 0.349 e. The highest BCUT2D eigenvalue weighted by Gasteiger charge is 2.20. The fourth-order valence-corrected chi connectivity index (χ4v) is 2.81. The lowest BCUT2D eigenvalue weighted by Crippen LogP contribution is -2.25. The van der Waals surface area contributed by atoms with Crippen LogP contribution in [-0.4, -0.2) is 33.4 Å². The Balaban J connectivity index is 1.85. The molecular formula is C20H18ClN5O2. The Morgan fingerprint density at radius 1 is 1.18 bits per heavy atom. The van der Waals surface area contributed by atoms with E-state index in [4.69, 9.17) is 11.6 Å². The van der Waals surface area contributed by atoms with E-state index in [1.807, 2.05) is 6.07 Å². The van der Waals surface area contributed by atoms with Crippen LogP contribution in [0, 0.1) is 6.92 Å². The monoisotopic (exact) mass is 395 g/mol. The Labute approximate surface area is 167 Å². The molecule has 0 saturated carbocycles. The number of hydrogen-bond acceptors (Lipinski definition) is 4. The Hall–Kier alpha value is -3.45. The molecule has 3 aromatic rings. The van der Waals surface area contributed by atoms with Crippen molar-refractivity contribution in [1.82, 2.24) is 20.3 Å². The third-order valence-electron chi connectivity index (χ3n) is 3.99. The SMILES string of the molecule is C=CCNC(=O)c1ccccc1NC(=O)c1nnn(-c2cccc(Cl)c2)c1C. The van der Waals surface area contributed by atoms with Gasteiger partial charge in [0.05, 0.1) is 22.6 Å². The Bertz CT molecular complexity index is 1040. The molecule has 7 nitrogen and oxygen atoms in total. The second-order valence-electron chi connectivity index (χ2n) is 5.91. The van der Waals surface area contributed by atoms with Gasteiger partial charge in [-0.2, -0.15) is 0 Å². The molecule has 28 heavy (non-hydrogen) atoms. The number of para-hydroxylation sites is 1. The van der Waals surface area contributed by atoms with Gasteiger partial charge in [0.1, 0.15) is 0 Å². The molecule has 0 aliphatic heterocycles. The summed E-state index contributed by atoms with van der Waals surface area (Å²) in [4.78, 5) is 25.0. The van der Waals surface area contributed by atoms with Gasteiger partial charge in [0.15, 0.2) is 5.69 Å². The van der Waals surface area contributed by atoms with Crippen LogP contribution in [0.2, 0.25) is 5.02 Å². The summed E-state index contributed by atoms with van der Waals surface area (Å²) < 4.78 is 1.53. The highest BCUT2D eigenvalue weighted by Crippen LogP contribution is 2.19. The zero-order valence-corrected chi connectivity index (χ0v) is 15.9. The molecule has 2 amide bonds. The van der Waals surface area contributed by atoms with E-state index in [0.29, 0.717) is 34.2 Å². The minimum Gasteiger partial charge on any atom is -0.349 e. The van der Waals surface area contributed by atoms with Crippen LogP contribution in [-0.2, 0) is 0 Å². The summed E-state index contributed by atoms with van der Waals surface area (Å²) in [6.07, 6.45) is 1.58. The first kappa shape index (κ1) is 19.3. The predicted octanol–water partition coefficient (Wildman–Crippen LogP) is 3.40.